The van der Waals surface area contributed by atoms with Crippen molar-refractivity contribution in [3.8, 4) is 40.1 Å². The lowest BCUT2D eigenvalue weighted by molar-refractivity contribution is 0.102. The molecule has 0 bridgehead atoms. The van der Waals surface area contributed by atoms with E-state index in [0.29, 0.717) is 39.6 Å². The fraction of sp³-hybridized carbons (Fsp3) is 0.125. The number of nitrogens with zero attached hydrogens (tertiary/aromatic N) is 2. The number of rotatable bonds is 7. The second kappa shape index (κ2) is 9.39. The van der Waals surface area contributed by atoms with Crippen molar-refractivity contribution in [2.24, 2.45) is 0 Å². The lowest BCUT2D eigenvalue weighted by Crippen LogP contribution is -2.13. The molecule has 0 atom stereocenters. The third-order valence-electron chi connectivity index (χ3n) is 4.85. The highest BCUT2D eigenvalue weighted by Gasteiger charge is 2.20. The zero-order valence-corrected chi connectivity index (χ0v) is 18.1. The van der Waals surface area contributed by atoms with Gasteiger partial charge in [0.15, 0.2) is 11.5 Å². The maximum Gasteiger partial charge on any atom is 0.259 e. The van der Waals surface area contributed by atoms with Gasteiger partial charge in [-0.15, -0.1) is 0 Å². The summed E-state index contributed by atoms with van der Waals surface area (Å²) in [4.78, 5) is 17.5. The van der Waals surface area contributed by atoms with Gasteiger partial charge in [0, 0.05) is 23.4 Å². The second-order valence-corrected chi connectivity index (χ2v) is 6.84. The van der Waals surface area contributed by atoms with Crippen molar-refractivity contribution in [3.05, 3.63) is 72.0 Å². The first-order valence-electron chi connectivity index (χ1n) is 9.84. The number of carbonyl (C=O) groups is 1. The highest BCUT2D eigenvalue weighted by molar-refractivity contribution is 6.08. The van der Waals surface area contributed by atoms with Crippen molar-refractivity contribution in [3.63, 3.8) is 0 Å². The van der Waals surface area contributed by atoms with E-state index in [1.165, 1.54) is 33.5 Å². The summed E-state index contributed by atoms with van der Waals surface area (Å²) in [6.45, 7) is 0. The van der Waals surface area contributed by atoms with E-state index in [4.69, 9.17) is 18.7 Å². The molecule has 0 saturated heterocycles. The Bertz CT molecular complexity index is 1260. The van der Waals surface area contributed by atoms with Crippen LogP contribution in [-0.2, 0) is 0 Å². The van der Waals surface area contributed by atoms with E-state index in [1.54, 1.807) is 48.5 Å². The molecule has 0 spiro atoms. The molecule has 9 heteroatoms. The number of hydrogen-bond acceptors (Lipinski definition) is 7. The monoisotopic (exact) mass is 449 g/mol. The zero-order chi connectivity index (χ0) is 23.4. The number of halogens is 1. The summed E-state index contributed by atoms with van der Waals surface area (Å²) in [5.41, 5.74) is 1.80. The van der Waals surface area contributed by atoms with Gasteiger partial charge >= 0.3 is 0 Å². The lowest BCUT2D eigenvalue weighted by atomic mass is 10.1. The predicted octanol–water partition coefficient (Wildman–Crippen LogP) is 4.82. The van der Waals surface area contributed by atoms with Crippen LogP contribution in [0.15, 0.2) is 65.2 Å². The minimum Gasteiger partial charge on any atom is -0.493 e. The second-order valence-electron chi connectivity index (χ2n) is 6.84. The highest BCUT2D eigenvalue weighted by Crippen LogP contribution is 2.40. The summed E-state index contributed by atoms with van der Waals surface area (Å²) in [5.74, 6) is 0.896. The number of aromatic nitrogens is 2. The number of methoxy groups -OCH3 is 3. The predicted molar refractivity (Wildman–Crippen MR) is 119 cm³/mol. The van der Waals surface area contributed by atoms with Gasteiger partial charge in [0.25, 0.3) is 11.8 Å². The molecule has 33 heavy (non-hydrogen) atoms. The Labute approximate surface area is 188 Å². The summed E-state index contributed by atoms with van der Waals surface area (Å²) in [5, 5.41) is 6.78. The molecular formula is C24H20FN3O5. The number of amides is 1. The number of nitrogens with one attached hydrogen (secondary N) is 1. The Morgan fingerprint density at radius 1 is 0.939 bits per heavy atom. The molecule has 0 aliphatic rings. The topological polar surface area (TPSA) is 95.7 Å². The van der Waals surface area contributed by atoms with Gasteiger partial charge in [0.05, 0.1) is 32.5 Å². The normalized spacial score (nSPS) is 10.5. The number of hydrogen-bond donors (Lipinski definition) is 1. The summed E-state index contributed by atoms with van der Waals surface area (Å²) in [6, 6.07) is 15.8. The van der Waals surface area contributed by atoms with Crippen LogP contribution in [0.3, 0.4) is 0 Å². The zero-order valence-electron chi connectivity index (χ0n) is 18.1. The van der Waals surface area contributed by atoms with Crippen LogP contribution in [0.25, 0.3) is 22.8 Å². The van der Waals surface area contributed by atoms with E-state index in [-0.39, 0.29) is 17.5 Å². The number of benzene rings is 3. The van der Waals surface area contributed by atoms with Crippen LogP contribution < -0.4 is 19.5 Å². The lowest BCUT2D eigenvalue weighted by Gasteiger charge is -2.15. The van der Waals surface area contributed by atoms with Crippen LogP contribution in [0.4, 0.5) is 10.1 Å². The molecule has 0 saturated carbocycles. The third kappa shape index (κ3) is 4.47. The van der Waals surface area contributed by atoms with E-state index in [0.717, 1.165) is 0 Å². The van der Waals surface area contributed by atoms with Crippen LogP contribution in [0, 0.1) is 5.82 Å². The van der Waals surface area contributed by atoms with Crippen LogP contribution in [0.2, 0.25) is 0 Å². The standard InChI is InChI=1S/C24H20FN3O5/c1-30-19-12-16(13-20(31-2)21(19)32-3)26-23(29)17-6-4-5-7-18(17)24-27-22(28-33-24)14-8-10-15(25)11-9-14/h4-13H,1-3H3,(H,26,29). The Morgan fingerprint density at radius 2 is 1.61 bits per heavy atom. The number of carbonyl (C=O) groups excluding carboxylic acids is 1. The average Bonchev–Trinajstić information content (AvgIpc) is 3.34. The number of anilines is 1. The van der Waals surface area contributed by atoms with Crippen LogP contribution >= 0.6 is 0 Å². The van der Waals surface area contributed by atoms with E-state index in [2.05, 4.69) is 15.5 Å². The quantitative estimate of drug-likeness (QED) is 0.432. The van der Waals surface area contributed by atoms with Crippen molar-refractivity contribution in [2.75, 3.05) is 26.6 Å². The van der Waals surface area contributed by atoms with Crippen molar-refractivity contribution < 1.29 is 27.9 Å². The molecule has 0 unspecified atom stereocenters. The summed E-state index contributed by atoms with van der Waals surface area (Å²) < 4.78 is 34.6. The fourth-order valence-corrected chi connectivity index (χ4v) is 3.27. The molecule has 0 fully saturated rings. The van der Waals surface area contributed by atoms with E-state index < -0.39 is 5.91 Å². The molecule has 1 amide bonds. The maximum absolute atomic E-state index is 13.2. The van der Waals surface area contributed by atoms with Gasteiger partial charge in [-0.3, -0.25) is 4.79 Å². The molecule has 1 N–H and O–H groups in total. The Hall–Kier alpha value is -4.40. The summed E-state index contributed by atoms with van der Waals surface area (Å²) >= 11 is 0. The van der Waals surface area contributed by atoms with Crippen molar-refractivity contribution in [1.82, 2.24) is 10.1 Å². The highest BCUT2D eigenvalue weighted by atomic mass is 19.1. The molecule has 4 rings (SSSR count). The first kappa shape index (κ1) is 21.8. The van der Waals surface area contributed by atoms with Crippen molar-refractivity contribution in [1.29, 1.82) is 0 Å². The average molecular weight is 449 g/mol. The summed E-state index contributed by atoms with van der Waals surface area (Å²) in [7, 11) is 4.48. The SMILES string of the molecule is COc1cc(NC(=O)c2ccccc2-c2nc(-c3ccc(F)cc3)no2)cc(OC)c1OC. The van der Waals surface area contributed by atoms with E-state index in [1.807, 2.05) is 0 Å². The van der Waals surface area contributed by atoms with Crippen molar-refractivity contribution in [2.45, 2.75) is 0 Å². The molecule has 0 aliphatic carbocycles. The molecule has 0 aliphatic heterocycles. The molecule has 3 aromatic carbocycles. The van der Waals surface area contributed by atoms with E-state index in [9.17, 15) is 9.18 Å². The van der Waals surface area contributed by atoms with Crippen molar-refractivity contribution >= 4 is 11.6 Å². The van der Waals surface area contributed by atoms with Gasteiger partial charge in [-0.05, 0) is 36.4 Å². The molecule has 1 aromatic heterocycles. The fourth-order valence-electron chi connectivity index (χ4n) is 3.27. The van der Waals surface area contributed by atoms with Gasteiger partial charge < -0.3 is 24.1 Å². The largest absolute Gasteiger partial charge is 0.493 e. The Balaban J connectivity index is 1.65. The van der Waals surface area contributed by atoms with Gasteiger partial charge in [0.1, 0.15) is 5.82 Å². The molecule has 8 nitrogen and oxygen atoms in total. The minimum absolute atomic E-state index is 0.157. The smallest absolute Gasteiger partial charge is 0.259 e. The molecular weight excluding hydrogens is 429 g/mol. The number of ether oxygens (including phenoxy) is 3. The minimum atomic E-state index is -0.401. The molecule has 4 aromatic rings. The first-order chi connectivity index (χ1) is 16.0. The van der Waals surface area contributed by atoms with Gasteiger partial charge in [0.2, 0.25) is 11.6 Å². The molecule has 1 heterocycles. The van der Waals surface area contributed by atoms with Gasteiger partial charge in [-0.25, -0.2) is 4.39 Å². The van der Waals surface area contributed by atoms with Crippen LogP contribution in [0.1, 0.15) is 10.4 Å². The Morgan fingerprint density at radius 3 is 2.24 bits per heavy atom. The van der Waals surface area contributed by atoms with Crippen LogP contribution in [-0.4, -0.2) is 37.4 Å². The van der Waals surface area contributed by atoms with E-state index >= 15 is 0 Å². The molecule has 168 valence electrons. The third-order valence-corrected chi connectivity index (χ3v) is 4.85. The Kier molecular flexibility index (Phi) is 6.21. The summed E-state index contributed by atoms with van der Waals surface area (Å²) in [6.07, 6.45) is 0. The van der Waals surface area contributed by atoms with Crippen LogP contribution in [0.5, 0.6) is 17.2 Å². The van der Waals surface area contributed by atoms with Gasteiger partial charge in [-0.1, -0.05) is 17.3 Å². The first-order valence-corrected chi connectivity index (χ1v) is 9.84. The maximum atomic E-state index is 13.2. The molecule has 0 radical (unpaired) electrons. The van der Waals surface area contributed by atoms with Gasteiger partial charge in [-0.2, -0.15) is 4.98 Å².